The zero-order valence-electron chi connectivity index (χ0n) is 20.8. The average molecular weight is 485 g/mol. The molecule has 11 nitrogen and oxygen atoms in total. The number of likely N-dealkylation sites (N-methyl/N-ethyl adjacent to an activating group) is 1. The number of urea groups is 1. The molecule has 1 fully saturated rings. The van der Waals surface area contributed by atoms with E-state index >= 15 is 0 Å². The number of carbonyl (C=O) groups excluding carboxylic acids is 1. The quantitative estimate of drug-likeness (QED) is 0.517. The minimum atomic E-state index is -0.254. The third kappa shape index (κ3) is 5.86. The molecular weight excluding hydrogens is 452 g/mol. The summed E-state index contributed by atoms with van der Waals surface area (Å²) in [6.07, 6.45) is 0. The van der Waals surface area contributed by atoms with Crippen molar-refractivity contribution in [2.24, 2.45) is 0 Å². The number of fused-ring (bicyclic) bond motifs is 1. The Balaban J connectivity index is 1.39. The molecule has 1 aliphatic rings. The summed E-state index contributed by atoms with van der Waals surface area (Å²) in [6, 6.07) is 7.39. The first kappa shape index (κ1) is 24.4. The van der Waals surface area contributed by atoms with Gasteiger partial charge in [-0.25, -0.2) is 9.78 Å². The van der Waals surface area contributed by atoms with E-state index < -0.39 is 0 Å². The van der Waals surface area contributed by atoms with Gasteiger partial charge in [-0.05, 0) is 21.0 Å². The van der Waals surface area contributed by atoms with Crippen LogP contribution in [0, 0.1) is 6.92 Å². The van der Waals surface area contributed by atoms with Crippen molar-refractivity contribution in [3.8, 4) is 17.4 Å². The van der Waals surface area contributed by atoms with Crippen LogP contribution in [-0.2, 0) is 0 Å². The van der Waals surface area contributed by atoms with E-state index in [-0.39, 0.29) is 17.7 Å². The molecular formula is C24H32N6O5. The zero-order chi connectivity index (χ0) is 24.9. The summed E-state index contributed by atoms with van der Waals surface area (Å²) >= 11 is 0. The lowest BCUT2D eigenvalue weighted by molar-refractivity contribution is 0.208. The molecule has 3 heterocycles. The van der Waals surface area contributed by atoms with Gasteiger partial charge in [0.2, 0.25) is 5.71 Å². The first-order valence-corrected chi connectivity index (χ1v) is 11.5. The molecule has 1 N–H and O–H groups in total. The Hall–Kier alpha value is -3.73. The van der Waals surface area contributed by atoms with E-state index in [1.54, 1.807) is 18.1 Å². The number of anilines is 2. The van der Waals surface area contributed by atoms with Crippen LogP contribution >= 0.6 is 0 Å². The van der Waals surface area contributed by atoms with Crippen molar-refractivity contribution in [3.63, 3.8) is 0 Å². The average Bonchev–Trinajstić information content (AvgIpc) is 3.21. The van der Waals surface area contributed by atoms with Crippen LogP contribution in [0.5, 0.6) is 17.4 Å². The molecule has 1 aromatic carbocycles. The monoisotopic (exact) mass is 484 g/mol. The standard InChI is InChI=1S/C24H32N6O5/c1-16-12-20-22(35-16)27-23(33-5)21(25-20)26-24(31)30-8-6-29(7-9-30)17-13-18(32-4)15-19(14-17)34-11-10-28(2)3/h12-15H,6-11H2,1-5H3,(H,25,26,31). The van der Waals surface area contributed by atoms with Crippen LogP contribution in [0.15, 0.2) is 28.7 Å². The molecule has 4 rings (SSSR count). The van der Waals surface area contributed by atoms with Crippen LogP contribution in [0.1, 0.15) is 5.76 Å². The zero-order valence-corrected chi connectivity index (χ0v) is 20.8. The van der Waals surface area contributed by atoms with E-state index in [0.29, 0.717) is 49.8 Å². The van der Waals surface area contributed by atoms with Crippen molar-refractivity contribution in [1.29, 1.82) is 0 Å². The van der Waals surface area contributed by atoms with Crippen LogP contribution in [0.3, 0.4) is 0 Å². The van der Waals surface area contributed by atoms with Gasteiger partial charge in [-0.15, -0.1) is 0 Å². The van der Waals surface area contributed by atoms with Crippen molar-refractivity contribution in [3.05, 3.63) is 30.0 Å². The highest BCUT2D eigenvalue weighted by Crippen LogP contribution is 2.30. The van der Waals surface area contributed by atoms with Gasteiger partial charge in [0.1, 0.15) is 29.4 Å². The fourth-order valence-corrected chi connectivity index (χ4v) is 3.82. The number of furan rings is 1. The molecule has 0 spiro atoms. The van der Waals surface area contributed by atoms with Crippen molar-refractivity contribution >= 4 is 28.8 Å². The van der Waals surface area contributed by atoms with E-state index in [2.05, 4.69) is 25.1 Å². The second kappa shape index (κ2) is 10.7. The second-order valence-corrected chi connectivity index (χ2v) is 8.55. The van der Waals surface area contributed by atoms with Gasteiger partial charge in [0.25, 0.3) is 5.88 Å². The Labute approximate surface area is 204 Å². The van der Waals surface area contributed by atoms with Gasteiger partial charge in [-0.1, -0.05) is 0 Å². The Bertz CT molecular complexity index is 1170. The highest BCUT2D eigenvalue weighted by molar-refractivity contribution is 5.91. The Morgan fingerprint density at radius 1 is 1.06 bits per heavy atom. The number of benzene rings is 1. The predicted molar refractivity (Wildman–Crippen MR) is 133 cm³/mol. The molecule has 1 saturated heterocycles. The van der Waals surface area contributed by atoms with Crippen molar-refractivity contribution in [2.45, 2.75) is 6.92 Å². The van der Waals surface area contributed by atoms with Crippen molar-refractivity contribution < 1.29 is 23.4 Å². The van der Waals surface area contributed by atoms with E-state index in [4.69, 9.17) is 18.6 Å². The third-order valence-corrected chi connectivity index (χ3v) is 5.71. The predicted octanol–water partition coefficient (Wildman–Crippen LogP) is 2.84. The summed E-state index contributed by atoms with van der Waals surface area (Å²) < 4.78 is 22.2. The molecule has 3 aromatic rings. The lowest BCUT2D eigenvalue weighted by atomic mass is 10.2. The summed E-state index contributed by atoms with van der Waals surface area (Å²) in [4.78, 5) is 27.7. The number of hydrogen-bond donors (Lipinski definition) is 1. The number of carbonyl (C=O) groups is 1. The van der Waals surface area contributed by atoms with Gasteiger partial charge in [-0.3, -0.25) is 5.32 Å². The first-order chi connectivity index (χ1) is 16.9. The second-order valence-electron chi connectivity index (χ2n) is 8.55. The molecule has 1 aliphatic heterocycles. The van der Waals surface area contributed by atoms with Gasteiger partial charge in [0, 0.05) is 62.7 Å². The molecule has 0 saturated carbocycles. The Morgan fingerprint density at radius 2 is 1.80 bits per heavy atom. The maximum absolute atomic E-state index is 13.0. The topological polar surface area (TPSA) is 105 Å². The summed E-state index contributed by atoms with van der Waals surface area (Å²) in [5.74, 6) is 2.65. The van der Waals surface area contributed by atoms with E-state index in [0.717, 1.165) is 23.7 Å². The van der Waals surface area contributed by atoms with Gasteiger partial charge in [-0.2, -0.15) is 4.98 Å². The summed E-state index contributed by atoms with van der Waals surface area (Å²) in [7, 11) is 7.14. The molecule has 2 amide bonds. The number of amides is 2. The molecule has 35 heavy (non-hydrogen) atoms. The van der Waals surface area contributed by atoms with Crippen molar-refractivity contribution in [1.82, 2.24) is 19.8 Å². The number of rotatable bonds is 8. The highest BCUT2D eigenvalue weighted by Gasteiger charge is 2.24. The first-order valence-electron chi connectivity index (χ1n) is 11.5. The molecule has 0 atom stereocenters. The van der Waals surface area contributed by atoms with E-state index in [1.165, 1.54) is 7.11 Å². The molecule has 11 heteroatoms. The molecule has 2 aromatic heterocycles. The third-order valence-electron chi connectivity index (χ3n) is 5.71. The van der Waals surface area contributed by atoms with Crippen LogP contribution in [0.4, 0.5) is 16.3 Å². The highest BCUT2D eigenvalue weighted by atomic mass is 16.5. The SMILES string of the molecule is COc1cc(OCCN(C)C)cc(N2CCN(C(=O)Nc3nc4cc(C)oc4nc3OC)CC2)c1. The number of nitrogens with zero attached hydrogens (tertiary/aromatic N) is 5. The number of aryl methyl sites for hydroxylation is 1. The fraction of sp³-hybridized carbons (Fsp3) is 0.458. The Kier molecular flexibility index (Phi) is 7.45. The van der Waals surface area contributed by atoms with E-state index in [1.807, 2.05) is 39.2 Å². The van der Waals surface area contributed by atoms with Crippen LogP contribution in [-0.4, -0.2) is 93.4 Å². The molecule has 0 aliphatic carbocycles. The molecule has 188 valence electrons. The van der Waals surface area contributed by atoms with Gasteiger partial charge in [0.15, 0.2) is 5.82 Å². The van der Waals surface area contributed by atoms with Crippen LogP contribution < -0.4 is 24.4 Å². The molecule has 0 bridgehead atoms. The number of methoxy groups -OCH3 is 2. The van der Waals surface area contributed by atoms with Gasteiger partial charge < -0.3 is 33.3 Å². The fourth-order valence-electron chi connectivity index (χ4n) is 3.82. The van der Waals surface area contributed by atoms with Crippen LogP contribution in [0.2, 0.25) is 0 Å². The largest absolute Gasteiger partial charge is 0.497 e. The molecule has 0 radical (unpaired) electrons. The molecule has 0 unspecified atom stereocenters. The number of ether oxygens (including phenoxy) is 3. The lowest BCUT2D eigenvalue weighted by Gasteiger charge is -2.36. The van der Waals surface area contributed by atoms with Gasteiger partial charge in [0.05, 0.1) is 14.2 Å². The number of hydrogen-bond acceptors (Lipinski definition) is 9. The van der Waals surface area contributed by atoms with Crippen molar-refractivity contribution in [2.75, 3.05) is 77.9 Å². The number of nitrogens with one attached hydrogen (secondary N) is 1. The Morgan fingerprint density at radius 3 is 2.49 bits per heavy atom. The van der Waals surface area contributed by atoms with Gasteiger partial charge >= 0.3 is 6.03 Å². The number of piperazine rings is 1. The van der Waals surface area contributed by atoms with E-state index in [9.17, 15) is 4.79 Å². The summed E-state index contributed by atoms with van der Waals surface area (Å²) in [6.45, 7) is 5.65. The normalized spacial score (nSPS) is 13.9. The lowest BCUT2D eigenvalue weighted by Crippen LogP contribution is -2.50. The minimum Gasteiger partial charge on any atom is -0.497 e. The summed E-state index contributed by atoms with van der Waals surface area (Å²) in [5, 5.41) is 2.83. The maximum Gasteiger partial charge on any atom is 0.323 e. The smallest absolute Gasteiger partial charge is 0.323 e. The minimum absolute atomic E-state index is 0.206. The summed E-state index contributed by atoms with van der Waals surface area (Å²) in [5.41, 5.74) is 1.93. The number of aromatic nitrogens is 2. The maximum atomic E-state index is 13.0. The van der Waals surface area contributed by atoms with Crippen LogP contribution in [0.25, 0.3) is 11.2 Å².